The first kappa shape index (κ1) is 25.8. The summed E-state index contributed by atoms with van der Waals surface area (Å²) in [6, 6.07) is 14.1. The fraction of sp³-hybridized carbons (Fsp3) is 0.400. The normalized spacial score (nSPS) is 15.1. The van der Waals surface area contributed by atoms with Crippen LogP contribution in [0.1, 0.15) is 66.5 Å². The molecule has 0 radical (unpaired) electrons. The summed E-state index contributed by atoms with van der Waals surface area (Å²) in [4.78, 5) is 27.7. The summed E-state index contributed by atoms with van der Waals surface area (Å²) in [6.45, 7) is 11.0. The molecule has 0 N–H and O–H groups in total. The molecule has 2 aromatic heterocycles. The van der Waals surface area contributed by atoms with Gasteiger partial charge >= 0.3 is 0 Å². The Bertz CT molecular complexity index is 1450. The van der Waals surface area contributed by atoms with Crippen molar-refractivity contribution in [2.75, 3.05) is 31.1 Å². The Kier molecular flexibility index (Phi) is 7.40. The van der Waals surface area contributed by atoms with Gasteiger partial charge in [0.1, 0.15) is 17.5 Å². The molecule has 1 amide bonds. The average molecular weight is 515 g/mol. The minimum atomic E-state index is -0.288. The average Bonchev–Trinajstić information content (AvgIpc) is 3.08. The van der Waals surface area contributed by atoms with Crippen LogP contribution >= 0.6 is 0 Å². The van der Waals surface area contributed by atoms with Crippen LogP contribution in [-0.4, -0.2) is 56.7 Å². The Labute approximate surface area is 223 Å². The number of nitrogens with zero attached hydrogens (tertiary/aromatic N) is 6. The van der Waals surface area contributed by atoms with Gasteiger partial charge in [-0.2, -0.15) is 5.10 Å². The molecule has 0 spiro atoms. The number of carbonyl (C=O) groups excluding carboxylic acids is 1. The second-order valence-corrected chi connectivity index (χ2v) is 10.2. The van der Waals surface area contributed by atoms with Crippen molar-refractivity contribution in [2.24, 2.45) is 0 Å². The Hall–Kier alpha value is -3.81. The monoisotopic (exact) mass is 514 g/mol. The molecule has 0 saturated carbocycles. The molecular weight excluding hydrogens is 479 g/mol. The van der Waals surface area contributed by atoms with Crippen LogP contribution in [0, 0.1) is 19.7 Å². The molecule has 0 aliphatic carbocycles. The Morgan fingerprint density at radius 2 is 1.76 bits per heavy atom. The zero-order valence-electron chi connectivity index (χ0n) is 22.6. The molecule has 7 nitrogen and oxygen atoms in total. The van der Waals surface area contributed by atoms with Crippen molar-refractivity contribution in [3.63, 3.8) is 0 Å². The lowest BCUT2D eigenvalue weighted by atomic mass is 10.1. The highest BCUT2D eigenvalue weighted by Gasteiger charge is 2.26. The maximum atomic E-state index is 13.7. The number of hydrogen-bond donors (Lipinski definition) is 0. The van der Waals surface area contributed by atoms with Crippen LogP contribution < -0.4 is 4.90 Å². The summed E-state index contributed by atoms with van der Waals surface area (Å²) in [5, 5.41) is 5.71. The van der Waals surface area contributed by atoms with Gasteiger partial charge < -0.3 is 9.80 Å². The molecule has 1 aliphatic heterocycles. The first-order valence-electron chi connectivity index (χ1n) is 13.5. The van der Waals surface area contributed by atoms with E-state index in [0.717, 1.165) is 71.0 Å². The van der Waals surface area contributed by atoms with Crippen LogP contribution in [-0.2, 0) is 0 Å². The molecule has 38 heavy (non-hydrogen) atoms. The van der Waals surface area contributed by atoms with E-state index in [1.807, 2.05) is 43.0 Å². The van der Waals surface area contributed by atoms with E-state index in [9.17, 15) is 9.18 Å². The molecule has 8 heteroatoms. The van der Waals surface area contributed by atoms with Gasteiger partial charge in [0, 0.05) is 37.7 Å². The topological polar surface area (TPSA) is 67.2 Å². The number of anilines is 1. The molecular formula is C30H35FN6O. The SMILES string of the molecule is CCCC(C)c1nc(N2CCCN(C(=O)c3ccccc3C)CC2)c2c(C)nn(-c3ccc(F)cc3)c2n1. The van der Waals surface area contributed by atoms with Gasteiger partial charge in [-0.3, -0.25) is 4.79 Å². The number of carbonyl (C=O) groups is 1. The smallest absolute Gasteiger partial charge is 0.254 e. The quantitative estimate of drug-likeness (QED) is 0.324. The predicted molar refractivity (Wildman–Crippen MR) is 149 cm³/mol. The highest BCUT2D eigenvalue weighted by Crippen LogP contribution is 2.32. The Morgan fingerprint density at radius 3 is 2.50 bits per heavy atom. The Morgan fingerprint density at radius 1 is 1.00 bits per heavy atom. The molecule has 4 aromatic rings. The van der Waals surface area contributed by atoms with Crippen LogP contribution in [0.3, 0.4) is 0 Å². The van der Waals surface area contributed by atoms with Crippen molar-refractivity contribution in [1.82, 2.24) is 24.6 Å². The maximum Gasteiger partial charge on any atom is 0.254 e. The third-order valence-corrected chi connectivity index (χ3v) is 7.39. The molecule has 5 rings (SSSR count). The lowest BCUT2D eigenvalue weighted by Crippen LogP contribution is -2.35. The fourth-order valence-corrected chi connectivity index (χ4v) is 5.27. The summed E-state index contributed by atoms with van der Waals surface area (Å²) in [5.41, 5.74) is 4.07. The summed E-state index contributed by atoms with van der Waals surface area (Å²) in [5.74, 6) is 1.63. The molecule has 1 aliphatic rings. The highest BCUT2D eigenvalue weighted by atomic mass is 19.1. The van der Waals surface area contributed by atoms with E-state index < -0.39 is 0 Å². The summed E-state index contributed by atoms with van der Waals surface area (Å²) < 4.78 is 15.4. The van der Waals surface area contributed by atoms with Gasteiger partial charge in [-0.1, -0.05) is 38.5 Å². The number of rotatable bonds is 6. The number of fused-ring (bicyclic) bond motifs is 1. The lowest BCUT2D eigenvalue weighted by Gasteiger charge is -2.25. The molecule has 2 aromatic carbocycles. The number of aryl methyl sites for hydroxylation is 2. The van der Waals surface area contributed by atoms with E-state index in [-0.39, 0.29) is 17.6 Å². The highest BCUT2D eigenvalue weighted by molar-refractivity contribution is 5.96. The number of halogens is 1. The lowest BCUT2D eigenvalue weighted by molar-refractivity contribution is 0.0766. The van der Waals surface area contributed by atoms with E-state index in [2.05, 4.69) is 18.7 Å². The molecule has 198 valence electrons. The summed E-state index contributed by atoms with van der Waals surface area (Å²) >= 11 is 0. The summed E-state index contributed by atoms with van der Waals surface area (Å²) in [6.07, 6.45) is 2.86. The van der Waals surface area contributed by atoms with Crippen LogP contribution in [0.25, 0.3) is 16.7 Å². The standard InChI is InChI=1S/C30H35FN6O/c1-5-9-21(3)27-32-28(26-22(4)34-37(29(26)33-27)24-14-12-23(31)13-15-24)35-16-8-17-36(19-18-35)30(38)25-11-7-6-10-20(25)2/h6-7,10-15,21H,5,8-9,16-19H2,1-4H3. The van der Waals surface area contributed by atoms with E-state index >= 15 is 0 Å². The third-order valence-electron chi connectivity index (χ3n) is 7.39. The van der Waals surface area contributed by atoms with E-state index in [1.165, 1.54) is 12.1 Å². The number of aromatic nitrogens is 4. The third kappa shape index (κ3) is 4.99. The maximum absolute atomic E-state index is 13.7. The van der Waals surface area contributed by atoms with Crippen molar-refractivity contribution in [1.29, 1.82) is 0 Å². The van der Waals surface area contributed by atoms with Crippen LogP contribution in [0.4, 0.5) is 10.2 Å². The van der Waals surface area contributed by atoms with Crippen LogP contribution in [0.15, 0.2) is 48.5 Å². The second-order valence-electron chi connectivity index (χ2n) is 10.2. The minimum Gasteiger partial charge on any atom is -0.354 e. The van der Waals surface area contributed by atoms with Crippen molar-refractivity contribution in [3.05, 3.63) is 77.0 Å². The Balaban J connectivity index is 1.53. The van der Waals surface area contributed by atoms with Gasteiger partial charge in [0.25, 0.3) is 5.91 Å². The van der Waals surface area contributed by atoms with Crippen molar-refractivity contribution in [3.8, 4) is 5.69 Å². The van der Waals surface area contributed by atoms with Gasteiger partial charge in [0.15, 0.2) is 5.65 Å². The fourth-order valence-electron chi connectivity index (χ4n) is 5.27. The molecule has 1 saturated heterocycles. The first-order valence-corrected chi connectivity index (χ1v) is 13.5. The van der Waals surface area contributed by atoms with Crippen molar-refractivity contribution >= 4 is 22.8 Å². The number of amides is 1. The zero-order chi connectivity index (χ0) is 26.8. The molecule has 0 bridgehead atoms. The van der Waals surface area contributed by atoms with Gasteiger partial charge in [0.2, 0.25) is 0 Å². The molecule has 1 unspecified atom stereocenters. The van der Waals surface area contributed by atoms with E-state index in [1.54, 1.807) is 16.8 Å². The van der Waals surface area contributed by atoms with Gasteiger partial charge in [-0.15, -0.1) is 0 Å². The van der Waals surface area contributed by atoms with Crippen molar-refractivity contribution in [2.45, 2.75) is 52.9 Å². The predicted octanol–water partition coefficient (Wildman–Crippen LogP) is 5.83. The molecule has 1 atom stereocenters. The minimum absolute atomic E-state index is 0.0790. The zero-order valence-corrected chi connectivity index (χ0v) is 22.6. The van der Waals surface area contributed by atoms with Crippen LogP contribution in [0.2, 0.25) is 0 Å². The van der Waals surface area contributed by atoms with Gasteiger partial charge in [0.05, 0.1) is 16.8 Å². The largest absolute Gasteiger partial charge is 0.354 e. The van der Waals surface area contributed by atoms with E-state index in [4.69, 9.17) is 15.1 Å². The molecule has 3 heterocycles. The second kappa shape index (κ2) is 10.9. The van der Waals surface area contributed by atoms with Gasteiger partial charge in [-0.05, 0) is 62.6 Å². The number of benzene rings is 2. The summed E-state index contributed by atoms with van der Waals surface area (Å²) in [7, 11) is 0. The number of hydrogen-bond acceptors (Lipinski definition) is 5. The van der Waals surface area contributed by atoms with E-state index in [0.29, 0.717) is 19.6 Å². The molecule has 1 fully saturated rings. The van der Waals surface area contributed by atoms with Crippen molar-refractivity contribution < 1.29 is 9.18 Å². The van der Waals surface area contributed by atoms with Crippen LogP contribution in [0.5, 0.6) is 0 Å². The first-order chi connectivity index (χ1) is 18.4. The van der Waals surface area contributed by atoms with Gasteiger partial charge in [-0.25, -0.2) is 19.0 Å².